The molecular weight excluding hydrogens is 245 g/mol. The van der Waals surface area contributed by atoms with Gasteiger partial charge in [0.25, 0.3) is 0 Å². The maximum atomic E-state index is 13.0. The molecule has 0 amide bonds. The number of aromatic nitrogens is 2. The fraction of sp³-hybridized carbons (Fsp3) is 0. The van der Waals surface area contributed by atoms with Gasteiger partial charge in [0, 0.05) is 34.6 Å². The molecule has 0 spiro atoms. The Bertz CT molecular complexity index is 779. The van der Waals surface area contributed by atoms with E-state index in [1.807, 2.05) is 0 Å². The molecule has 0 radical (unpaired) electrons. The molecule has 2 aromatic heterocycles. The van der Waals surface area contributed by atoms with E-state index in [1.54, 1.807) is 24.5 Å². The molecule has 0 atom stereocenters. The van der Waals surface area contributed by atoms with Crippen LogP contribution >= 0.6 is 0 Å². The molecule has 4 nitrogen and oxygen atoms in total. The van der Waals surface area contributed by atoms with Crippen LogP contribution in [0.2, 0.25) is 0 Å². The number of nitrogens with two attached hydrogens (primary N) is 1. The fourth-order valence-electron chi connectivity index (χ4n) is 2.03. The molecule has 0 aliphatic heterocycles. The smallest absolute Gasteiger partial charge is 0.197 e. The van der Waals surface area contributed by atoms with Crippen molar-refractivity contribution in [2.24, 2.45) is 0 Å². The standard InChI is InChI=1S/C14H10FN3O/c15-8-3-4-10(12(16)6-8)13(19)11-7-18-14-9(11)2-1-5-17-14/h1-7H,16H2,(H,17,18). The van der Waals surface area contributed by atoms with E-state index >= 15 is 0 Å². The molecular formula is C14H10FN3O. The van der Waals surface area contributed by atoms with Gasteiger partial charge in [-0.15, -0.1) is 0 Å². The third-order valence-electron chi connectivity index (χ3n) is 2.95. The number of carbonyl (C=O) groups is 1. The van der Waals surface area contributed by atoms with E-state index < -0.39 is 5.82 Å². The molecule has 1 aromatic carbocycles. The normalized spacial score (nSPS) is 10.8. The summed E-state index contributed by atoms with van der Waals surface area (Å²) in [4.78, 5) is 19.4. The molecule has 2 heterocycles. The van der Waals surface area contributed by atoms with Crippen molar-refractivity contribution in [3.63, 3.8) is 0 Å². The van der Waals surface area contributed by atoms with Gasteiger partial charge in [0.1, 0.15) is 11.5 Å². The zero-order chi connectivity index (χ0) is 13.4. The predicted octanol–water partition coefficient (Wildman–Crippen LogP) is 2.52. The topological polar surface area (TPSA) is 71.8 Å². The summed E-state index contributed by atoms with van der Waals surface area (Å²) in [5.41, 5.74) is 7.20. The van der Waals surface area contributed by atoms with Crippen molar-refractivity contribution >= 4 is 22.5 Å². The molecule has 5 heteroatoms. The van der Waals surface area contributed by atoms with E-state index in [2.05, 4.69) is 9.97 Å². The van der Waals surface area contributed by atoms with Gasteiger partial charge in [-0.05, 0) is 30.3 Å². The van der Waals surface area contributed by atoms with Crippen LogP contribution in [0.25, 0.3) is 11.0 Å². The zero-order valence-electron chi connectivity index (χ0n) is 9.85. The average Bonchev–Trinajstić information content (AvgIpc) is 2.82. The maximum absolute atomic E-state index is 13.0. The molecule has 94 valence electrons. The van der Waals surface area contributed by atoms with E-state index in [0.29, 0.717) is 11.2 Å². The number of rotatable bonds is 2. The van der Waals surface area contributed by atoms with E-state index in [1.165, 1.54) is 12.1 Å². The quantitative estimate of drug-likeness (QED) is 0.546. The lowest BCUT2D eigenvalue weighted by Gasteiger charge is -2.03. The first-order chi connectivity index (χ1) is 9.16. The van der Waals surface area contributed by atoms with Gasteiger partial charge in [-0.3, -0.25) is 4.79 Å². The number of pyridine rings is 1. The number of H-pyrrole nitrogens is 1. The highest BCUT2D eigenvalue weighted by Gasteiger charge is 2.17. The lowest BCUT2D eigenvalue weighted by molar-refractivity contribution is 0.104. The van der Waals surface area contributed by atoms with Crippen molar-refractivity contribution in [2.75, 3.05) is 5.73 Å². The van der Waals surface area contributed by atoms with Gasteiger partial charge in [-0.25, -0.2) is 9.37 Å². The molecule has 0 aliphatic rings. The zero-order valence-corrected chi connectivity index (χ0v) is 9.85. The van der Waals surface area contributed by atoms with E-state index in [0.717, 1.165) is 11.5 Å². The summed E-state index contributed by atoms with van der Waals surface area (Å²) in [5.74, 6) is -0.716. The van der Waals surface area contributed by atoms with Crippen LogP contribution in [0.3, 0.4) is 0 Å². The van der Waals surface area contributed by atoms with E-state index in [9.17, 15) is 9.18 Å². The number of nitrogen functional groups attached to an aromatic ring is 1. The van der Waals surface area contributed by atoms with Crippen LogP contribution in [0.15, 0.2) is 42.7 Å². The Labute approximate surface area is 108 Å². The third kappa shape index (κ3) is 1.85. The summed E-state index contributed by atoms with van der Waals surface area (Å²) in [7, 11) is 0. The third-order valence-corrected chi connectivity index (χ3v) is 2.95. The van der Waals surface area contributed by atoms with Crippen molar-refractivity contribution in [1.82, 2.24) is 9.97 Å². The second-order valence-corrected chi connectivity index (χ2v) is 4.16. The van der Waals surface area contributed by atoms with Crippen molar-refractivity contribution < 1.29 is 9.18 Å². The van der Waals surface area contributed by atoms with Crippen LogP contribution in [0.5, 0.6) is 0 Å². The summed E-state index contributed by atoms with van der Waals surface area (Å²) in [6, 6.07) is 7.30. The molecule has 3 aromatic rings. The molecule has 0 saturated carbocycles. The Balaban J connectivity index is 2.13. The maximum Gasteiger partial charge on any atom is 0.197 e. The number of nitrogens with zero attached hydrogens (tertiary/aromatic N) is 1. The Morgan fingerprint density at radius 2 is 2.11 bits per heavy atom. The van der Waals surface area contributed by atoms with Crippen molar-refractivity contribution in [3.05, 3.63) is 59.7 Å². The first-order valence-corrected chi connectivity index (χ1v) is 5.68. The lowest BCUT2D eigenvalue weighted by atomic mass is 10.0. The predicted molar refractivity (Wildman–Crippen MR) is 70.3 cm³/mol. The first kappa shape index (κ1) is 11.4. The Morgan fingerprint density at radius 1 is 1.26 bits per heavy atom. The summed E-state index contributed by atoms with van der Waals surface area (Å²) < 4.78 is 13.0. The number of halogens is 1. The number of anilines is 1. The van der Waals surface area contributed by atoms with Gasteiger partial charge in [-0.1, -0.05) is 0 Å². The highest BCUT2D eigenvalue weighted by atomic mass is 19.1. The van der Waals surface area contributed by atoms with Crippen molar-refractivity contribution in [3.8, 4) is 0 Å². The van der Waals surface area contributed by atoms with Gasteiger partial charge in [0.2, 0.25) is 0 Å². The molecule has 0 saturated heterocycles. The van der Waals surface area contributed by atoms with Crippen molar-refractivity contribution in [1.29, 1.82) is 0 Å². The summed E-state index contributed by atoms with van der Waals surface area (Å²) >= 11 is 0. The molecule has 0 fully saturated rings. The van der Waals surface area contributed by atoms with Crippen LogP contribution in [0.1, 0.15) is 15.9 Å². The van der Waals surface area contributed by atoms with Crippen LogP contribution in [-0.4, -0.2) is 15.8 Å². The average molecular weight is 255 g/mol. The van der Waals surface area contributed by atoms with Gasteiger partial charge in [-0.2, -0.15) is 0 Å². The number of ketones is 1. The van der Waals surface area contributed by atoms with Crippen molar-refractivity contribution in [2.45, 2.75) is 0 Å². The van der Waals surface area contributed by atoms with Crippen LogP contribution < -0.4 is 5.73 Å². The molecule has 19 heavy (non-hydrogen) atoms. The molecule has 3 rings (SSSR count). The minimum atomic E-state index is -0.463. The van der Waals surface area contributed by atoms with E-state index in [-0.39, 0.29) is 17.0 Å². The van der Waals surface area contributed by atoms with Crippen LogP contribution in [0.4, 0.5) is 10.1 Å². The Kier molecular flexibility index (Phi) is 2.52. The highest BCUT2D eigenvalue weighted by Crippen LogP contribution is 2.22. The second-order valence-electron chi connectivity index (χ2n) is 4.16. The van der Waals surface area contributed by atoms with Gasteiger partial charge >= 0.3 is 0 Å². The number of fused-ring (bicyclic) bond motifs is 1. The summed E-state index contributed by atoms with van der Waals surface area (Å²) in [5, 5.41) is 0.719. The van der Waals surface area contributed by atoms with Crippen LogP contribution in [-0.2, 0) is 0 Å². The Hall–Kier alpha value is -2.69. The van der Waals surface area contributed by atoms with Gasteiger partial charge < -0.3 is 10.7 Å². The second kappa shape index (κ2) is 4.20. The Morgan fingerprint density at radius 3 is 2.89 bits per heavy atom. The molecule has 3 N–H and O–H groups in total. The first-order valence-electron chi connectivity index (χ1n) is 5.68. The number of hydrogen-bond acceptors (Lipinski definition) is 3. The summed E-state index contributed by atoms with van der Waals surface area (Å²) in [6.07, 6.45) is 3.22. The number of nitrogens with one attached hydrogen (secondary N) is 1. The monoisotopic (exact) mass is 255 g/mol. The van der Waals surface area contributed by atoms with E-state index in [4.69, 9.17) is 5.73 Å². The minimum Gasteiger partial charge on any atom is -0.398 e. The van der Waals surface area contributed by atoms with Crippen LogP contribution in [0, 0.1) is 5.82 Å². The van der Waals surface area contributed by atoms with Gasteiger partial charge in [0.15, 0.2) is 5.78 Å². The number of hydrogen-bond donors (Lipinski definition) is 2. The molecule has 0 bridgehead atoms. The minimum absolute atomic E-state index is 0.128. The summed E-state index contributed by atoms with van der Waals surface area (Å²) in [6.45, 7) is 0. The fourth-order valence-corrected chi connectivity index (χ4v) is 2.03. The number of carbonyl (C=O) groups excluding carboxylic acids is 1. The molecule has 0 unspecified atom stereocenters. The highest BCUT2D eigenvalue weighted by molar-refractivity contribution is 6.18. The molecule has 0 aliphatic carbocycles. The number of benzene rings is 1. The SMILES string of the molecule is Nc1cc(F)ccc1C(=O)c1c[nH]c2ncccc12. The lowest BCUT2D eigenvalue weighted by Crippen LogP contribution is -2.05. The van der Waals surface area contributed by atoms with Gasteiger partial charge in [0.05, 0.1) is 0 Å². The number of aromatic amines is 1. The largest absolute Gasteiger partial charge is 0.398 e.